The van der Waals surface area contributed by atoms with Gasteiger partial charge in [-0.1, -0.05) is 13.3 Å². The Bertz CT molecular complexity index is 456. The van der Waals surface area contributed by atoms with Crippen LogP contribution in [0.1, 0.15) is 40.5 Å². The number of carbonyl (C=O) groups excluding carboxylic acids is 1. The van der Waals surface area contributed by atoms with Crippen LogP contribution in [0.15, 0.2) is 18.3 Å². The molecule has 1 N–H and O–H groups in total. The Morgan fingerprint density at radius 3 is 2.57 bits per heavy atom. The van der Waals surface area contributed by atoms with Gasteiger partial charge in [0.05, 0.1) is 18.5 Å². The lowest BCUT2D eigenvalue weighted by molar-refractivity contribution is -0.139. The van der Waals surface area contributed by atoms with Crippen LogP contribution in [0.5, 0.6) is 5.88 Å². The normalized spacial score (nSPS) is 13.4. The number of aromatic nitrogens is 1. The van der Waals surface area contributed by atoms with E-state index in [0.717, 1.165) is 6.42 Å². The molecule has 0 unspecified atom stereocenters. The first-order chi connectivity index (χ1) is 11.1. The van der Waals surface area contributed by atoms with Crippen molar-refractivity contribution in [3.05, 3.63) is 18.3 Å². The Kier molecular flexibility index (Phi) is 8.58. The van der Waals surface area contributed by atoms with Crippen molar-refractivity contribution in [2.45, 2.75) is 46.1 Å². The molecule has 6 heteroatoms. The number of ether oxygens (including phenoxy) is 3. The van der Waals surface area contributed by atoms with Crippen LogP contribution in [0, 0.1) is 0 Å². The molecule has 0 aliphatic heterocycles. The van der Waals surface area contributed by atoms with Crippen molar-refractivity contribution in [1.29, 1.82) is 0 Å². The molecular weight excluding hydrogens is 296 g/mol. The highest BCUT2D eigenvalue weighted by Gasteiger charge is 2.32. The lowest BCUT2D eigenvalue weighted by Crippen LogP contribution is -2.42. The SMILES string of the molecule is CCC[C@](C)(OCC)C(=O)Nc1ccc(OCCOCC)nc1. The van der Waals surface area contributed by atoms with E-state index in [9.17, 15) is 4.79 Å². The molecule has 1 aromatic heterocycles. The van der Waals surface area contributed by atoms with E-state index < -0.39 is 5.60 Å². The number of anilines is 1. The number of hydrogen-bond acceptors (Lipinski definition) is 5. The van der Waals surface area contributed by atoms with Crippen LogP contribution in [0.25, 0.3) is 0 Å². The average Bonchev–Trinajstić information content (AvgIpc) is 2.53. The molecular formula is C17H28N2O4. The van der Waals surface area contributed by atoms with Crippen molar-refractivity contribution < 1.29 is 19.0 Å². The largest absolute Gasteiger partial charge is 0.475 e. The zero-order valence-electron chi connectivity index (χ0n) is 14.6. The molecule has 1 atom stereocenters. The highest BCUT2D eigenvalue weighted by Crippen LogP contribution is 2.21. The summed E-state index contributed by atoms with van der Waals surface area (Å²) < 4.78 is 16.3. The Labute approximate surface area is 138 Å². The smallest absolute Gasteiger partial charge is 0.256 e. The number of nitrogens with one attached hydrogen (secondary N) is 1. The lowest BCUT2D eigenvalue weighted by Gasteiger charge is -2.27. The Hall–Kier alpha value is -1.66. The van der Waals surface area contributed by atoms with Gasteiger partial charge in [0, 0.05) is 19.3 Å². The fourth-order valence-corrected chi connectivity index (χ4v) is 2.20. The predicted octanol–water partition coefficient (Wildman–Crippen LogP) is 3.03. The maximum atomic E-state index is 12.4. The summed E-state index contributed by atoms with van der Waals surface area (Å²) >= 11 is 0. The molecule has 1 amide bonds. The van der Waals surface area contributed by atoms with Crippen molar-refractivity contribution in [1.82, 2.24) is 4.98 Å². The van der Waals surface area contributed by atoms with Crippen molar-refractivity contribution in [2.24, 2.45) is 0 Å². The molecule has 1 aromatic rings. The van der Waals surface area contributed by atoms with Gasteiger partial charge >= 0.3 is 0 Å². The third-order valence-electron chi connectivity index (χ3n) is 3.35. The Morgan fingerprint density at radius 2 is 2.00 bits per heavy atom. The van der Waals surface area contributed by atoms with Crippen molar-refractivity contribution in [3.63, 3.8) is 0 Å². The molecule has 1 rings (SSSR count). The molecule has 0 aromatic carbocycles. The van der Waals surface area contributed by atoms with Gasteiger partial charge in [0.2, 0.25) is 5.88 Å². The second-order valence-electron chi connectivity index (χ2n) is 5.30. The third kappa shape index (κ3) is 6.54. The van der Waals surface area contributed by atoms with E-state index >= 15 is 0 Å². The Morgan fingerprint density at radius 1 is 1.22 bits per heavy atom. The van der Waals surface area contributed by atoms with E-state index in [1.54, 1.807) is 18.3 Å². The van der Waals surface area contributed by atoms with E-state index in [2.05, 4.69) is 10.3 Å². The highest BCUT2D eigenvalue weighted by molar-refractivity contribution is 5.96. The number of nitrogens with zero attached hydrogens (tertiary/aromatic N) is 1. The molecule has 23 heavy (non-hydrogen) atoms. The quantitative estimate of drug-likeness (QED) is 0.634. The molecule has 0 saturated heterocycles. The molecule has 0 radical (unpaired) electrons. The molecule has 0 bridgehead atoms. The molecule has 0 aliphatic rings. The number of hydrogen-bond donors (Lipinski definition) is 1. The minimum Gasteiger partial charge on any atom is -0.475 e. The lowest BCUT2D eigenvalue weighted by atomic mass is 9.99. The van der Waals surface area contributed by atoms with Crippen LogP contribution in [0.3, 0.4) is 0 Å². The van der Waals surface area contributed by atoms with Gasteiger partial charge in [0.15, 0.2) is 0 Å². The zero-order valence-corrected chi connectivity index (χ0v) is 14.6. The fourth-order valence-electron chi connectivity index (χ4n) is 2.20. The van der Waals surface area contributed by atoms with E-state index in [-0.39, 0.29) is 5.91 Å². The fraction of sp³-hybridized carbons (Fsp3) is 0.647. The predicted molar refractivity (Wildman–Crippen MR) is 89.8 cm³/mol. The highest BCUT2D eigenvalue weighted by atomic mass is 16.5. The summed E-state index contributed by atoms with van der Waals surface area (Å²) in [7, 11) is 0. The van der Waals surface area contributed by atoms with Crippen molar-refractivity contribution in [2.75, 3.05) is 31.7 Å². The van der Waals surface area contributed by atoms with Gasteiger partial charge in [-0.15, -0.1) is 0 Å². The monoisotopic (exact) mass is 324 g/mol. The maximum absolute atomic E-state index is 12.4. The van der Waals surface area contributed by atoms with Gasteiger partial charge in [0.1, 0.15) is 12.2 Å². The molecule has 130 valence electrons. The Balaban J connectivity index is 2.57. The number of rotatable bonds is 11. The van der Waals surface area contributed by atoms with Crippen LogP contribution in [0.2, 0.25) is 0 Å². The third-order valence-corrected chi connectivity index (χ3v) is 3.35. The van der Waals surface area contributed by atoms with Crippen molar-refractivity contribution >= 4 is 11.6 Å². The van der Waals surface area contributed by atoms with Crippen LogP contribution < -0.4 is 10.1 Å². The molecule has 0 fully saturated rings. The summed E-state index contributed by atoms with van der Waals surface area (Å²) in [5, 5.41) is 2.85. The summed E-state index contributed by atoms with van der Waals surface area (Å²) in [6.07, 6.45) is 3.11. The molecule has 6 nitrogen and oxygen atoms in total. The van der Waals surface area contributed by atoms with Crippen molar-refractivity contribution in [3.8, 4) is 5.88 Å². The molecule has 0 spiro atoms. The summed E-state index contributed by atoms with van der Waals surface area (Å²) in [5.41, 5.74) is -0.204. The van der Waals surface area contributed by atoms with E-state index in [1.165, 1.54) is 0 Å². The van der Waals surface area contributed by atoms with Gasteiger partial charge in [-0.25, -0.2) is 4.98 Å². The molecule has 0 saturated carbocycles. The first kappa shape index (κ1) is 19.4. The molecule has 1 heterocycles. The minimum absolute atomic E-state index is 0.159. The van der Waals surface area contributed by atoms with Crippen LogP contribution >= 0.6 is 0 Å². The zero-order chi connectivity index (χ0) is 17.1. The van der Waals surface area contributed by atoms with E-state index in [0.29, 0.717) is 44.4 Å². The summed E-state index contributed by atoms with van der Waals surface area (Å²) in [4.78, 5) is 16.6. The standard InChI is InChI=1S/C17H28N2O4/c1-5-10-17(4,23-7-3)16(20)19-14-8-9-15(18-13-14)22-12-11-21-6-2/h8-9,13H,5-7,10-12H2,1-4H3,(H,19,20)/t17-/m0/s1. The van der Waals surface area contributed by atoms with E-state index in [4.69, 9.17) is 14.2 Å². The van der Waals surface area contributed by atoms with Crippen LogP contribution in [-0.4, -0.2) is 42.9 Å². The summed E-state index contributed by atoms with van der Waals surface area (Å²) in [6.45, 7) is 9.80. The second-order valence-corrected chi connectivity index (χ2v) is 5.30. The topological polar surface area (TPSA) is 69.7 Å². The van der Waals surface area contributed by atoms with E-state index in [1.807, 2.05) is 27.7 Å². The second kappa shape index (κ2) is 10.2. The number of amides is 1. The van der Waals surface area contributed by atoms with Gasteiger partial charge in [0.25, 0.3) is 5.91 Å². The average molecular weight is 324 g/mol. The van der Waals surface area contributed by atoms with Gasteiger partial charge in [-0.3, -0.25) is 4.79 Å². The van der Waals surface area contributed by atoms with Gasteiger partial charge in [-0.05, 0) is 33.3 Å². The van der Waals surface area contributed by atoms with Gasteiger partial charge < -0.3 is 19.5 Å². The van der Waals surface area contributed by atoms with Crippen LogP contribution in [-0.2, 0) is 14.3 Å². The first-order valence-electron chi connectivity index (χ1n) is 8.17. The maximum Gasteiger partial charge on any atom is 0.256 e. The minimum atomic E-state index is -0.823. The number of pyridine rings is 1. The van der Waals surface area contributed by atoms with Gasteiger partial charge in [-0.2, -0.15) is 0 Å². The summed E-state index contributed by atoms with van der Waals surface area (Å²) in [5.74, 6) is 0.344. The summed E-state index contributed by atoms with van der Waals surface area (Å²) in [6, 6.07) is 3.48. The molecule has 0 aliphatic carbocycles. The van der Waals surface area contributed by atoms with Crippen LogP contribution in [0.4, 0.5) is 5.69 Å². The first-order valence-corrected chi connectivity index (χ1v) is 8.17. The number of carbonyl (C=O) groups is 1.